The van der Waals surface area contributed by atoms with Gasteiger partial charge in [-0.25, -0.2) is 0 Å². The summed E-state index contributed by atoms with van der Waals surface area (Å²) < 4.78 is 40.5. The van der Waals surface area contributed by atoms with Gasteiger partial charge in [-0.2, -0.15) is 18.3 Å². The number of hydrogen-bond donors (Lipinski definition) is 0. The Morgan fingerprint density at radius 3 is 2.61 bits per heavy atom. The zero-order valence-electron chi connectivity index (χ0n) is 12.8. The zero-order chi connectivity index (χ0) is 16.2. The summed E-state index contributed by atoms with van der Waals surface area (Å²) in [6, 6.07) is 3.07. The number of rotatable bonds is 1. The van der Waals surface area contributed by atoms with Gasteiger partial charge < -0.3 is 4.90 Å². The molecule has 4 rings (SSSR count). The van der Waals surface area contributed by atoms with Crippen molar-refractivity contribution in [2.75, 3.05) is 20.1 Å². The third-order valence-electron chi connectivity index (χ3n) is 5.03. The van der Waals surface area contributed by atoms with Gasteiger partial charge in [0.2, 0.25) is 0 Å². The van der Waals surface area contributed by atoms with Crippen molar-refractivity contribution in [3.8, 4) is 11.3 Å². The highest BCUT2D eigenvalue weighted by atomic mass is 19.4. The first-order valence-electron chi connectivity index (χ1n) is 7.67. The van der Waals surface area contributed by atoms with E-state index < -0.39 is 11.7 Å². The molecule has 0 amide bonds. The quantitative estimate of drug-likeness (QED) is 0.809. The fourth-order valence-corrected chi connectivity index (χ4v) is 3.83. The van der Waals surface area contributed by atoms with Crippen LogP contribution in [0.25, 0.3) is 11.3 Å². The predicted molar refractivity (Wildman–Crippen MR) is 78.9 cm³/mol. The van der Waals surface area contributed by atoms with E-state index in [1.54, 1.807) is 0 Å². The van der Waals surface area contributed by atoms with Crippen molar-refractivity contribution in [1.29, 1.82) is 0 Å². The molecule has 0 saturated carbocycles. The van der Waals surface area contributed by atoms with Gasteiger partial charge >= 0.3 is 6.18 Å². The average molecular weight is 322 g/mol. The molecule has 4 nitrogen and oxygen atoms in total. The van der Waals surface area contributed by atoms with Gasteiger partial charge in [0.05, 0.1) is 11.3 Å². The molecule has 0 radical (unpaired) electrons. The normalized spacial score (nSPS) is 24.5. The van der Waals surface area contributed by atoms with Gasteiger partial charge in [0.15, 0.2) is 0 Å². The van der Waals surface area contributed by atoms with Crippen LogP contribution in [-0.2, 0) is 18.1 Å². The number of pyridine rings is 1. The first-order valence-corrected chi connectivity index (χ1v) is 7.67. The van der Waals surface area contributed by atoms with Crippen molar-refractivity contribution in [1.82, 2.24) is 19.7 Å². The van der Waals surface area contributed by atoms with Crippen LogP contribution in [0.4, 0.5) is 13.2 Å². The van der Waals surface area contributed by atoms with E-state index in [9.17, 15) is 13.2 Å². The van der Waals surface area contributed by atoms with E-state index in [2.05, 4.69) is 22.0 Å². The second kappa shape index (κ2) is 4.80. The number of halogens is 3. The van der Waals surface area contributed by atoms with E-state index in [1.165, 1.54) is 6.20 Å². The minimum Gasteiger partial charge on any atom is -0.305 e. The Bertz CT molecular complexity index is 752. The minimum absolute atomic E-state index is 0.106. The Morgan fingerprint density at radius 1 is 1.13 bits per heavy atom. The highest BCUT2D eigenvalue weighted by Gasteiger charge is 2.44. The van der Waals surface area contributed by atoms with Crippen LogP contribution in [0.5, 0.6) is 0 Å². The molecule has 122 valence electrons. The van der Waals surface area contributed by atoms with Crippen molar-refractivity contribution >= 4 is 0 Å². The maximum absolute atomic E-state index is 12.9. The van der Waals surface area contributed by atoms with Crippen molar-refractivity contribution in [2.24, 2.45) is 0 Å². The summed E-state index contributed by atoms with van der Waals surface area (Å²) in [5, 5.41) is 4.52. The Kier molecular flexibility index (Phi) is 3.07. The van der Waals surface area contributed by atoms with Crippen molar-refractivity contribution in [2.45, 2.75) is 31.0 Å². The molecule has 4 heterocycles. The molecule has 7 heteroatoms. The summed E-state index contributed by atoms with van der Waals surface area (Å²) in [7, 11) is 2.10. The van der Waals surface area contributed by atoms with E-state index in [4.69, 9.17) is 0 Å². The van der Waals surface area contributed by atoms with E-state index in [-0.39, 0.29) is 5.41 Å². The molecule has 0 aromatic carbocycles. The smallest absolute Gasteiger partial charge is 0.305 e. The van der Waals surface area contributed by atoms with Crippen LogP contribution in [0.2, 0.25) is 0 Å². The summed E-state index contributed by atoms with van der Waals surface area (Å²) in [5.74, 6) is 0. The third kappa shape index (κ3) is 2.34. The maximum Gasteiger partial charge on any atom is 0.417 e. The van der Waals surface area contributed by atoms with Gasteiger partial charge in [-0.05, 0) is 38.6 Å². The largest absolute Gasteiger partial charge is 0.417 e. The second-order valence-electron chi connectivity index (χ2n) is 6.62. The summed E-state index contributed by atoms with van der Waals surface area (Å²) in [4.78, 5) is 6.03. The summed E-state index contributed by atoms with van der Waals surface area (Å²) in [6.07, 6.45) is 0.0402. The third-order valence-corrected chi connectivity index (χ3v) is 5.03. The van der Waals surface area contributed by atoms with Crippen molar-refractivity contribution in [3.05, 3.63) is 35.8 Å². The molecular weight excluding hydrogens is 305 g/mol. The lowest BCUT2D eigenvalue weighted by atomic mass is 9.82. The molecule has 2 aromatic rings. The topological polar surface area (TPSA) is 34.0 Å². The SMILES string of the molecule is CN1CCC2(CCn3nc(-c4cncc(C(F)(F)F)c4)cc32)C1. The van der Waals surface area contributed by atoms with Gasteiger partial charge in [0, 0.05) is 42.2 Å². The predicted octanol–water partition coefficient (Wildman–Crippen LogP) is 2.94. The van der Waals surface area contributed by atoms with Gasteiger partial charge in [-0.3, -0.25) is 9.67 Å². The fraction of sp³-hybridized carbons (Fsp3) is 0.500. The van der Waals surface area contributed by atoms with Crippen LogP contribution in [0, 0.1) is 0 Å². The van der Waals surface area contributed by atoms with Crippen molar-refractivity contribution < 1.29 is 13.2 Å². The van der Waals surface area contributed by atoms with E-state index in [1.807, 2.05) is 10.7 Å². The van der Waals surface area contributed by atoms with Crippen LogP contribution in [0.15, 0.2) is 24.5 Å². The number of aryl methyl sites for hydroxylation is 1. The molecule has 2 aliphatic heterocycles. The summed E-state index contributed by atoms with van der Waals surface area (Å²) >= 11 is 0. The number of fused-ring (bicyclic) bond motifs is 2. The molecule has 1 atom stereocenters. The van der Waals surface area contributed by atoms with E-state index >= 15 is 0 Å². The number of nitrogens with zero attached hydrogens (tertiary/aromatic N) is 4. The van der Waals surface area contributed by atoms with Crippen molar-refractivity contribution in [3.63, 3.8) is 0 Å². The molecule has 1 spiro atoms. The first-order chi connectivity index (χ1) is 10.9. The number of likely N-dealkylation sites (N-methyl/N-ethyl adjacent to an activating group) is 1. The first kappa shape index (κ1) is 14.7. The fourth-order valence-electron chi connectivity index (χ4n) is 3.83. The monoisotopic (exact) mass is 322 g/mol. The summed E-state index contributed by atoms with van der Waals surface area (Å²) in [6.45, 7) is 2.86. The average Bonchev–Trinajstić information content (AvgIpc) is 3.16. The van der Waals surface area contributed by atoms with Crippen LogP contribution in [0.1, 0.15) is 24.1 Å². The minimum atomic E-state index is -4.39. The molecule has 1 saturated heterocycles. The Labute approximate surface area is 131 Å². The number of likely N-dealkylation sites (tertiary alicyclic amines) is 1. The van der Waals surface area contributed by atoms with Gasteiger partial charge in [-0.15, -0.1) is 0 Å². The Hall–Kier alpha value is -1.89. The number of hydrogen-bond acceptors (Lipinski definition) is 3. The highest BCUT2D eigenvalue weighted by molar-refractivity contribution is 5.60. The zero-order valence-corrected chi connectivity index (χ0v) is 12.8. The molecule has 23 heavy (non-hydrogen) atoms. The Balaban J connectivity index is 1.72. The molecule has 1 fully saturated rings. The van der Waals surface area contributed by atoms with Crippen LogP contribution >= 0.6 is 0 Å². The Morgan fingerprint density at radius 2 is 1.91 bits per heavy atom. The molecule has 2 aromatic heterocycles. The number of aromatic nitrogens is 3. The van der Waals surface area contributed by atoms with Gasteiger partial charge in [0.1, 0.15) is 0 Å². The number of alkyl halides is 3. The molecule has 2 aliphatic rings. The standard InChI is InChI=1S/C16H17F3N4/c1-22-4-2-15(10-22)3-5-23-14(15)7-13(21-23)11-6-12(9-20-8-11)16(17,18)19/h6-9H,2-5,10H2,1H3. The van der Waals surface area contributed by atoms with Crippen LogP contribution < -0.4 is 0 Å². The molecule has 0 N–H and O–H groups in total. The molecule has 0 bridgehead atoms. The lowest BCUT2D eigenvalue weighted by Gasteiger charge is -2.21. The van der Waals surface area contributed by atoms with E-state index in [0.29, 0.717) is 11.3 Å². The lowest BCUT2D eigenvalue weighted by Crippen LogP contribution is -2.26. The summed E-state index contributed by atoms with van der Waals surface area (Å²) in [5.41, 5.74) is 1.51. The molecular formula is C16H17F3N4. The lowest BCUT2D eigenvalue weighted by molar-refractivity contribution is -0.137. The van der Waals surface area contributed by atoms with Gasteiger partial charge in [0.25, 0.3) is 0 Å². The maximum atomic E-state index is 12.9. The van der Waals surface area contributed by atoms with E-state index in [0.717, 1.165) is 50.4 Å². The van der Waals surface area contributed by atoms with Crippen LogP contribution in [0.3, 0.4) is 0 Å². The second-order valence-corrected chi connectivity index (χ2v) is 6.62. The molecule has 1 unspecified atom stereocenters. The highest BCUT2D eigenvalue weighted by Crippen LogP contribution is 2.43. The molecule has 0 aliphatic carbocycles. The van der Waals surface area contributed by atoms with Gasteiger partial charge in [-0.1, -0.05) is 0 Å². The van der Waals surface area contributed by atoms with Crippen LogP contribution in [-0.4, -0.2) is 39.8 Å².